The minimum atomic E-state index is -0.749. The van der Waals surface area contributed by atoms with E-state index >= 15 is 0 Å². The van der Waals surface area contributed by atoms with Crippen LogP contribution in [-0.4, -0.2) is 37.5 Å². The zero-order valence-electron chi connectivity index (χ0n) is 17.0. The summed E-state index contributed by atoms with van der Waals surface area (Å²) in [4.78, 5) is 37.7. The Morgan fingerprint density at radius 2 is 1.59 bits per heavy atom. The van der Waals surface area contributed by atoms with E-state index in [2.05, 4.69) is 17.4 Å². The summed E-state index contributed by atoms with van der Waals surface area (Å²) in [5.41, 5.74) is 4.90. The molecule has 3 aromatic carbocycles. The van der Waals surface area contributed by atoms with Crippen LogP contribution in [0.2, 0.25) is 0 Å². The van der Waals surface area contributed by atoms with Crippen LogP contribution in [0.25, 0.3) is 11.1 Å². The number of alkyl carbamates (subject to hydrolysis) is 1. The van der Waals surface area contributed by atoms with Gasteiger partial charge in [0.15, 0.2) is 0 Å². The lowest BCUT2D eigenvalue weighted by Crippen LogP contribution is -2.38. The van der Waals surface area contributed by atoms with Gasteiger partial charge in [-0.15, -0.1) is 0 Å². The van der Waals surface area contributed by atoms with Gasteiger partial charge < -0.3 is 15.0 Å². The molecule has 0 saturated heterocycles. The average molecular weight is 430 g/mol. The van der Waals surface area contributed by atoms with Gasteiger partial charge in [0.25, 0.3) is 11.7 Å². The lowest BCUT2D eigenvalue weighted by atomic mass is 9.98. The normalized spacial score (nSPS) is 14.2. The first-order valence-corrected chi connectivity index (χ1v) is 10.3. The monoisotopic (exact) mass is 430 g/mol. The molecule has 1 aliphatic carbocycles. The number of ether oxygens (including phenoxy) is 1. The summed E-state index contributed by atoms with van der Waals surface area (Å²) in [6.45, 7) is 0.350. The van der Waals surface area contributed by atoms with Crippen molar-refractivity contribution in [1.29, 1.82) is 0 Å². The molecule has 1 aliphatic heterocycles. The lowest BCUT2D eigenvalue weighted by molar-refractivity contribution is -0.114. The van der Waals surface area contributed by atoms with Crippen molar-refractivity contribution in [2.45, 2.75) is 5.92 Å². The standard InChI is InChI=1S/C25H19FN2O4/c26-15-9-10-22-20(13-15)23(29)24(30)28(22)12-11-27-25(31)32-14-21-18-7-3-1-5-16(18)17-6-2-4-8-19(17)21/h1-10,13,21H,11-12,14H2,(H,27,31). The van der Waals surface area contributed by atoms with Gasteiger partial charge in [-0.25, -0.2) is 9.18 Å². The maximum atomic E-state index is 13.4. The van der Waals surface area contributed by atoms with E-state index in [1.54, 1.807) is 0 Å². The van der Waals surface area contributed by atoms with E-state index in [-0.39, 0.29) is 31.2 Å². The molecule has 5 rings (SSSR count). The average Bonchev–Trinajstić information content (AvgIpc) is 3.25. The van der Waals surface area contributed by atoms with E-state index < -0.39 is 23.6 Å². The second-order valence-corrected chi connectivity index (χ2v) is 7.70. The number of hydrogen-bond donors (Lipinski definition) is 1. The fraction of sp³-hybridized carbons (Fsp3) is 0.160. The van der Waals surface area contributed by atoms with Gasteiger partial charge in [0, 0.05) is 19.0 Å². The number of hydrogen-bond acceptors (Lipinski definition) is 4. The Labute approximate surface area is 183 Å². The number of carbonyl (C=O) groups is 3. The Morgan fingerprint density at radius 1 is 0.938 bits per heavy atom. The first-order chi connectivity index (χ1) is 15.5. The molecule has 2 aliphatic rings. The number of amides is 2. The molecular formula is C25H19FN2O4. The minimum absolute atomic E-state index is 0.0381. The highest BCUT2D eigenvalue weighted by atomic mass is 19.1. The van der Waals surface area contributed by atoms with Crippen molar-refractivity contribution in [3.63, 3.8) is 0 Å². The predicted octanol–water partition coefficient (Wildman–Crippen LogP) is 3.89. The smallest absolute Gasteiger partial charge is 0.407 e. The molecule has 1 heterocycles. The lowest BCUT2D eigenvalue weighted by Gasteiger charge is -2.17. The fourth-order valence-corrected chi connectivity index (χ4v) is 4.41. The van der Waals surface area contributed by atoms with Crippen LogP contribution in [0.3, 0.4) is 0 Å². The molecule has 0 bridgehead atoms. The molecule has 3 aromatic rings. The maximum absolute atomic E-state index is 13.4. The minimum Gasteiger partial charge on any atom is -0.449 e. The molecule has 0 atom stereocenters. The Kier molecular flexibility index (Phi) is 4.93. The number of rotatable bonds is 5. The number of ketones is 1. The van der Waals surface area contributed by atoms with E-state index in [9.17, 15) is 18.8 Å². The van der Waals surface area contributed by atoms with Crippen LogP contribution in [-0.2, 0) is 9.53 Å². The summed E-state index contributed by atoms with van der Waals surface area (Å²) in [7, 11) is 0. The molecule has 0 radical (unpaired) electrons. The third-order valence-electron chi connectivity index (χ3n) is 5.88. The van der Waals surface area contributed by atoms with Gasteiger partial charge >= 0.3 is 6.09 Å². The van der Waals surface area contributed by atoms with E-state index in [4.69, 9.17) is 4.74 Å². The second-order valence-electron chi connectivity index (χ2n) is 7.70. The van der Waals surface area contributed by atoms with Crippen LogP contribution in [0.4, 0.5) is 14.9 Å². The largest absolute Gasteiger partial charge is 0.449 e. The molecule has 32 heavy (non-hydrogen) atoms. The molecule has 0 aromatic heterocycles. The van der Waals surface area contributed by atoms with Crippen LogP contribution in [0, 0.1) is 5.82 Å². The first-order valence-electron chi connectivity index (χ1n) is 10.3. The Morgan fingerprint density at radius 3 is 2.28 bits per heavy atom. The van der Waals surface area contributed by atoms with Gasteiger partial charge in [0.05, 0.1) is 11.3 Å². The summed E-state index contributed by atoms with van der Waals surface area (Å²) in [5, 5.41) is 2.62. The molecule has 0 fully saturated rings. The number of nitrogens with one attached hydrogen (secondary N) is 1. The van der Waals surface area contributed by atoms with Crippen LogP contribution >= 0.6 is 0 Å². The number of halogens is 1. The van der Waals surface area contributed by atoms with Crippen molar-refractivity contribution in [2.75, 3.05) is 24.6 Å². The predicted molar refractivity (Wildman–Crippen MR) is 116 cm³/mol. The highest BCUT2D eigenvalue weighted by Crippen LogP contribution is 2.44. The van der Waals surface area contributed by atoms with Crippen molar-refractivity contribution in [3.05, 3.63) is 89.2 Å². The van der Waals surface area contributed by atoms with Crippen LogP contribution in [0.1, 0.15) is 27.4 Å². The summed E-state index contributed by atoms with van der Waals surface area (Å²) < 4.78 is 18.9. The topological polar surface area (TPSA) is 75.7 Å². The third kappa shape index (κ3) is 3.32. The number of carbonyl (C=O) groups excluding carboxylic acids is 3. The van der Waals surface area contributed by atoms with E-state index in [0.29, 0.717) is 5.69 Å². The van der Waals surface area contributed by atoms with Gasteiger partial charge in [-0.1, -0.05) is 48.5 Å². The number of nitrogens with zero attached hydrogens (tertiary/aromatic N) is 1. The second kappa shape index (κ2) is 7.92. The molecule has 2 amide bonds. The van der Waals surface area contributed by atoms with E-state index in [1.807, 2.05) is 36.4 Å². The summed E-state index contributed by atoms with van der Waals surface area (Å²) >= 11 is 0. The number of fused-ring (bicyclic) bond motifs is 4. The van der Waals surface area contributed by atoms with Crippen molar-refractivity contribution >= 4 is 23.5 Å². The van der Waals surface area contributed by atoms with Crippen molar-refractivity contribution < 1.29 is 23.5 Å². The van der Waals surface area contributed by atoms with Crippen molar-refractivity contribution in [3.8, 4) is 11.1 Å². The third-order valence-corrected chi connectivity index (χ3v) is 5.88. The number of Topliss-reactive ketones (excluding diaryl/α,β-unsaturated/α-hetero) is 1. The molecule has 0 spiro atoms. The van der Waals surface area contributed by atoms with E-state index in [1.165, 1.54) is 17.0 Å². The highest BCUT2D eigenvalue weighted by Gasteiger charge is 2.36. The molecule has 6 nitrogen and oxygen atoms in total. The zero-order chi connectivity index (χ0) is 22.2. The fourth-order valence-electron chi connectivity index (χ4n) is 4.41. The van der Waals surface area contributed by atoms with Gasteiger partial charge in [-0.2, -0.15) is 0 Å². The quantitative estimate of drug-likeness (QED) is 0.623. The number of anilines is 1. The van der Waals surface area contributed by atoms with Gasteiger partial charge in [-0.05, 0) is 40.5 Å². The molecule has 160 valence electrons. The molecular weight excluding hydrogens is 411 g/mol. The summed E-state index contributed by atoms with van der Waals surface area (Å²) in [5.74, 6) is -2.11. The molecule has 0 saturated carbocycles. The summed E-state index contributed by atoms with van der Waals surface area (Å²) in [6, 6.07) is 19.7. The summed E-state index contributed by atoms with van der Waals surface area (Å²) in [6.07, 6.45) is -0.607. The zero-order valence-corrected chi connectivity index (χ0v) is 17.0. The maximum Gasteiger partial charge on any atom is 0.407 e. The Balaban J connectivity index is 1.19. The van der Waals surface area contributed by atoms with Crippen LogP contribution < -0.4 is 10.2 Å². The van der Waals surface area contributed by atoms with E-state index in [0.717, 1.165) is 28.3 Å². The molecule has 7 heteroatoms. The molecule has 0 unspecified atom stereocenters. The number of benzene rings is 3. The first kappa shape index (κ1) is 19.9. The SMILES string of the molecule is O=C(NCCN1C(=O)C(=O)c2cc(F)ccc21)OCC1c2ccccc2-c2ccccc21. The highest BCUT2D eigenvalue weighted by molar-refractivity contribution is 6.52. The van der Waals surface area contributed by atoms with Crippen LogP contribution in [0.5, 0.6) is 0 Å². The van der Waals surface area contributed by atoms with Crippen LogP contribution in [0.15, 0.2) is 66.7 Å². The van der Waals surface area contributed by atoms with Gasteiger partial charge in [0.2, 0.25) is 0 Å². The Bertz CT molecular complexity index is 1210. The van der Waals surface area contributed by atoms with Crippen molar-refractivity contribution in [1.82, 2.24) is 5.32 Å². The Hall–Kier alpha value is -4.00. The van der Waals surface area contributed by atoms with Gasteiger partial charge in [0.1, 0.15) is 12.4 Å². The molecule has 1 N–H and O–H groups in total. The van der Waals surface area contributed by atoms with Gasteiger partial charge in [-0.3, -0.25) is 9.59 Å². The van der Waals surface area contributed by atoms with Crippen molar-refractivity contribution in [2.24, 2.45) is 0 Å².